The maximum atomic E-state index is 11.9. The normalized spacial score (nSPS) is 21.1. The van der Waals surface area contributed by atoms with Gasteiger partial charge in [0.25, 0.3) is 0 Å². The number of hydrogen-bond acceptors (Lipinski definition) is 10. The number of nitrogens with zero attached hydrogens (tertiary/aromatic N) is 4. The van der Waals surface area contributed by atoms with E-state index >= 15 is 0 Å². The quantitative estimate of drug-likeness (QED) is 0.380. The first-order chi connectivity index (χ1) is 19.3. The standard InChI is InChI=1S/C27H28Cl2N6O5/c1-4-21(36)32-17-9-39-8-16(17)31-20-5-14-15(7-30-20)33-25(34-26(14)35-10-27(11-35)12-40-13-27)22-23(28)18(37-2)6-19(38-3)24(22)29/h4-7,16-17H,1,8-13H2,2-3H3,(H,30,31)(H,32,36)/t16-,17+/m1/s1. The van der Waals surface area contributed by atoms with Crippen molar-refractivity contribution in [2.75, 3.05) is 64.0 Å². The molecule has 3 fully saturated rings. The number of rotatable bonds is 8. The number of halogens is 2. The van der Waals surface area contributed by atoms with Crippen LogP contribution in [0.5, 0.6) is 11.5 Å². The van der Waals surface area contributed by atoms with Crippen LogP contribution in [0, 0.1) is 5.41 Å². The highest BCUT2D eigenvalue weighted by molar-refractivity contribution is 6.41. The van der Waals surface area contributed by atoms with Crippen LogP contribution in [-0.2, 0) is 14.3 Å². The van der Waals surface area contributed by atoms with Crippen molar-refractivity contribution in [2.45, 2.75) is 12.1 Å². The third-order valence-corrected chi connectivity index (χ3v) is 8.21. The fraction of sp³-hybridized carbons (Fsp3) is 0.407. The van der Waals surface area contributed by atoms with E-state index in [1.807, 2.05) is 6.07 Å². The second-order valence-corrected chi connectivity index (χ2v) is 11.0. The summed E-state index contributed by atoms with van der Waals surface area (Å²) in [5.41, 5.74) is 1.18. The first-order valence-corrected chi connectivity index (χ1v) is 13.5. The van der Waals surface area contributed by atoms with Crippen LogP contribution >= 0.6 is 23.2 Å². The molecule has 1 amide bonds. The van der Waals surface area contributed by atoms with Crippen molar-refractivity contribution in [2.24, 2.45) is 5.41 Å². The highest BCUT2D eigenvalue weighted by Gasteiger charge is 2.50. The van der Waals surface area contributed by atoms with Gasteiger partial charge >= 0.3 is 0 Å². The molecule has 0 bridgehead atoms. The number of anilines is 2. The maximum absolute atomic E-state index is 11.9. The molecule has 1 spiro atoms. The summed E-state index contributed by atoms with van der Waals surface area (Å²) in [5.74, 6) is 2.21. The van der Waals surface area contributed by atoms with E-state index in [4.69, 9.17) is 52.1 Å². The van der Waals surface area contributed by atoms with Crippen LogP contribution in [0.25, 0.3) is 22.3 Å². The molecular formula is C27H28Cl2N6O5. The van der Waals surface area contributed by atoms with Crippen LogP contribution < -0.4 is 25.0 Å². The summed E-state index contributed by atoms with van der Waals surface area (Å²) < 4.78 is 22.0. The fourth-order valence-corrected chi connectivity index (χ4v) is 5.96. The molecule has 11 nitrogen and oxygen atoms in total. The number of fused-ring (bicyclic) bond motifs is 1. The Morgan fingerprint density at radius 1 is 1.10 bits per heavy atom. The second-order valence-electron chi connectivity index (χ2n) is 10.2. The Kier molecular flexibility index (Phi) is 7.07. The first-order valence-electron chi connectivity index (χ1n) is 12.7. The van der Waals surface area contributed by atoms with Crippen molar-refractivity contribution >= 4 is 51.6 Å². The largest absolute Gasteiger partial charge is 0.495 e. The number of nitrogens with one attached hydrogen (secondary N) is 2. The van der Waals surface area contributed by atoms with Crippen LogP contribution in [0.4, 0.5) is 11.6 Å². The van der Waals surface area contributed by atoms with Crippen molar-refractivity contribution in [1.82, 2.24) is 20.3 Å². The van der Waals surface area contributed by atoms with Gasteiger partial charge in [0.05, 0.1) is 85.5 Å². The molecule has 2 aromatic heterocycles. The Hall–Kier alpha value is -3.38. The smallest absolute Gasteiger partial charge is 0.243 e. The molecule has 3 saturated heterocycles. The van der Waals surface area contributed by atoms with Crippen LogP contribution in [0.2, 0.25) is 10.0 Å². The number of hydrogen-bond donors (Lipinski definition) is 2. The average Bonchev–Trinajstić information content (AvgIpc) is 3.33. The molecule has 3 aliphatic heterocycles. The minimum absolute atomic E-state index is 0.151. The molecule has 5 heterocycles. The molecule has 0 radical (unpaired) electrons. The summed E-state index contributed by atoms with van der Waals surface area (Å²) in [4.78, 5) is 28.4. The van der Waals surface area contributed by atoms with Gasteiger partial charge in [0, 0.05) is 24.5 Å². The van der Waals surface area contributed by atoms with Crippen molar-refractivity contribution in [3.05, 3.63) is 41.0 Å². The molecule has 0 saturated carbocycles. The van der Waals surface area contributed by atoms with Crippen LogP contribution in [0.15, 0.2) is 31.0 Å². The summed E-state index contributed by atoms with van der Waals surface area (Å²) >= 11 is 13.4. The van der Waals surface area contributed by atoms with Crippen molar-refractivity contribution in [1.29, 1.82) is 0 Å². The third-order valence-electron chi connectivity index (χ3n) is 7.45. The van der Waals surface area contributed by atoms with Gasteiger partial charge in [-0.1, -0.05) is 29.8 Å². The molecule has 2 N–H and O–H groups in total. The Balaban J connectivity index is 1.41. The zero-order chi connectivity index (χ0) is 28.0. The molecule has 2 atom stereocenters. The van der Waals surface area contributed by atoms with Crippen LogP contribution in [-0.4, -0.2) is 86.7 Å². The van der Waals surface area contributed by atoms with E-state index in [0.717, 1.165) is 37.5 Å². The van der Waals surface area contributed by atoms with Gasteiger partial charge in [0.15, 0.2) is 5.82 Å². The Labute approximate surface area is 240 Å². The number of aromatic nitrogens is 3. The predicted octanol–water partition coefficient (Wildman–Crippen LogP) is 3.33. The summed E-state index contributed by atoms with van der Waals surface area (Å²) in [7, 11) is 3.04. The summed E-state index contributed by atoms with van der Waals surface area (Å²) in [6, 6.07) is 3.15. The summed E-state index contributed by atoms with van der Waals surface area (Å²) in [5, 5.41) is 7.67. The molecule has 210 valence electrons. The first kappa shape index (κ1) is 26.8. The summed E-state index contributed by atoms with van der Waals surface area (Å²) in [6.07, 6.45) is 2.93. The zero-order valence-corrected chi connectivity index (χ0v) is 23.5. The summed E-state index contributed by atoms with van der Waals surface area (Å²) in [6.45, 7) is 7.42. The zero-order valence-electron chi connectivity index (χ0n) is 22.0. The molecule has 6 rings (SSSR count). The fourth-order valence-electron chi connectivity index (χ4n) is 5.29. The number of carbonyl (C=O) groups is 1. The second kappa shape index (κ2) is 10.5. The van der Waals surface area contributed by atoms with Gasteiger partial charge in [-0.15, -0.1) is 0 Å². The van der Waals surface area contributed by atoms with Gasteiger partial charge in [-0.2, -0.15) is 0 Å². The van der Waals surface area contributed by atoms with Gasteiger partial charge in [-0.05, 0) is 12.1 Å². The van der Waals surface area contributed by atoms with Crippen molar-refractivity contribution < 1.29 is 23.7 Å². The van der Waals surface area contributed by atoms with E-state index in [1.165, 1.54) is 20.3 Å². The minimum atomic E-state index is -0.254. The molecule has 0 aliphatic carbocycles. The highest BCUT2D eigenvalue weighted by Crippen LogP contribution is 2.47. The Morgan fingerprint density at radius 3 is 2.42 bits per heavy atom. The number of methoxy groups -OCH3 is 2. The Morgan fingerprint density at radius 2 is 1.80 bits per heavy atom. The van der Waals surface area contributed by atoms with E-state index in [9.17, 15) is 4.79 Å². The number of carbonyl (C=O) groups excluding carboxylic acids is 1. The number of benzene rings is 1. The average molecular weight is 587 g/mol. The van der Waals surface area contributed by atoms with Gasteiger partial charge < -0.3 is 34.5 Å². The molecule has 1 aromatic carbocycles. The molecule has 40 heavy (non-hydrogen) atoms. The van der Waals surface area contributed by atoms with Gasteiger partial charge in [0.2, 0.25) is 5.91 Å². The number of pyridine rings is 1. The van der Waals surface area contributed by atoms with E-state index in [1.54, 1.807) is 12.3 Å². The molecule has 3 aliphatic rings. The SMILES string of the molecule is C=CC(=O)N[C@H]1COC[C@H]1Nc1cc2c(N3CC4(COC4)C3)nc(-c3c(Cl)c(OC)cc(OC)c3Cl)nc2cn1. The molecule has 3 aromatic rings. The molecule has 0 unspecified atom stereocenters. The lowest BCUT2D eigenvalue weighted by molar-refractivity contribution is -0.127. The van der Waals surface area contributed by atoms with Crippen LogP contribution in [0.3, 0.4) is 0 Å². The van der Waals surface area contributed by atoms with E-state index in [2.05, 4.69) is 27.1 Å². The van der Waals surface area contributed by atoms with Crippen molar-refractivity contribution in [3.8, 4) is 22.9 Å². The molecular weight excluding hydrogens is 559 g/mol. The third kappa shape index (κ3) is 4.66. The highest BCUT2D eigenvalue weighted by atomic mass is 35.5. The van der Waals surface area contributed by atoms with E-state index in [-0.39, 0.29) is 33.5 Å². The topological polar surface area (TPSA) is 120 Å². The minimum Gasteiger partial charge on any atom is -0.495 e. The van der Waals surface area contributed by atoms with Crippen molar-refractivity contribution in [3.63, 3.8) is 0 Å². The number of amides is 1. The van der Waals surface area contributed by atoms with E-state index < -0.39 is 0 Å². The lowest BCUT2D eigenvalue weighted by Gasteiger charge is -2.55. The van der Waals surface area contributed by atoms with Gasteiger partial charge in [-0.25, -0.2) is 15.0 Å². The van der Waals surface area contributed by atoms with Crippen LogP contribution in [0.1, 0.15) is 0 Å². The lowest BCUT2D eigenvalue weighted by Crippen LogP contribution is -2.66. The number of ether oxygens (including phenoxy) is 4. The molecule has 13 heteroatoms. The van der Waals surface area contributed by atoms with Gasteiger partial charge in [-0.3, -0.25) is 4.79 Å². The monoisotopic (exact) mass is 586 g/mol. The predicted molar refractivity (Wildman–Crippen MR) is 152 cm³/mol. The van der Waals surface area contributed by atoms with E-state index in [0.29, 0.717) is 47.4 Å². The maximum Gasteiger partial charge on any atom is 0.243 e. The Bertz CT molecular complexity index is 1460. The lowest BCUT2D eigenvalue weighted by atomic mass is 9.78. The van der Waals surface area contributed by atoms with Gasteiger partial charge in [0.1, 0.15) is 23.1 Å².